The summed E-state index contributed by atoms with van der Waals surface area (Å²) in [6.07, 6.45) is 0. The summed E-state index contributed by atoms with van der Waals surface area (Å²) in [4.78, 5) is -1.64. The molecule has 1 radical (unpaired) electrons. The molecule has 0 amide bonds. The molecule has 0 aromatic heterocycles. The first-order valence-corrected chi connectivity index (χ1v) is 3.14. The van der Waals surface area contributed by atoms with Crippen LogP contribution in [0.5, 0.6) is 0 Å². The molecule has 0 bridgehead atoms. The quantitative estimate of drug-likeness (QED) is 0.458. The van der Waals surface area contributed by atoms with Gasteiger partial charge >= 0.3 is 0 Å². The van der Waals surface area contributed by atoms with E-state index in [4.69, 9.17) is 46.4 Å². The Morgan fingerprint density at radius 2 is 1.14 bits per heavy atom. The SMILES string of the molecule is ClC(Cl)[N]C(Cl)Cl. The molecular formula is C2H2Cl4N. The summed E-state index contributed by atoms with van der Waals surface area (Å²) in [6.45, 7) is 0. The van der Waals surface area contributed by atoms with E-state index in [-0.39, 0.29) is 0 Å². The zero-order chi connectivity index (χ0) is 5.86. The number of hydrogen-bond donors (Lipinski definition) is 0. The predicted octanol–water partition coefficient (Wildman–Crippen LogP) is 2.11. The van der Waals surface area contributed by atoms with Crippen LogP contribution >= 0.6 is 46.4 Å². The van der Waals surface area contributed by atoms with Gasteiger partial charge in [-0.15, -0.1) is 0 Å². The third-order valence-electron chi connectivity index (χ3n) is 0.225. The molecule has 5 heteroatoms. The third-order valence-corrected chi connectivity index (χ3v) is 0.676. The molecule has 0 aromatic rings. The second-order valence-electron chi connectivity index (χ2n) is 0.704. The number of rotatable bonds is 2. The highest BCUT2D eigenvalue weighted by atomic mass is 35.5. The van der Waals surface area contributed by atoms with Crippen molar-refractivity contribution in [3.63, 3.8) is 0 Å². The van der Waals surface area contributed by atoms with E-state index in [0.717, 1.165) is 0 Å². The van der Waals surface area contributed by atoms with Crippen molar-refractivity contribution in [3.8, 4) is 0 Å². The van der Waals surface area contributed by atoms with E-state index in [9.17, 15) is 0 Å². The molecule has 0 N–H and O–H groups in total. The molecule has 0 saturated heterocycles. The third kappa shape index (κ3) is 7.12. The summed E-state index contributed by atoms with van der Waals surface area (Å²) in [5, 5.41) is 3.34. The summed E-state index contributed by atoms with van der Waals surface area (Å²) in [5.74, 6) is 0. The lowest BCUT2D eigenvalue weighted by Gasteiger charge is -1.98. The molecule has 0 spiro atoms. The average Bonchev–Trinajstić information content (AvgIpc) is 1.27. The van der Waals surface area contributed by atoms with Crippen molar-refractivity contribution in [1.82, 2.24) is 5.32 Å². The van der Waals surface area contributed by atoms with Gasteiger partial charge in [0.25, 0.3) is 0 Å². The highest BCUT2D eigenvalue weighted by Gasteiger charge is 2.03. The van der Waals surface area contributed by atoms with Crippen molar-refractivity contribution in [1.29, 1.82) is 0 Å². The Bertz CT molecular complexity index is 39.0. The molecule has 7 heavy (non-hydrogen) atoms. The van der Waals surface area contributed by atoms with Gasteiger partial charge in [-0.3, -0.25) is 0 Å². The van der Waals surface area contributed by atoms with Gasteiger partial charge in [-0.1, -0.05) is 46.4 Å². The second-order valence-corrected chi connectivity index (χ2v) is 2.80. The van der Waals surface area contributed by atoms with Gasteiger partial charge in [0.15, 0.2) is 9.92 Å². The van der Waals surface area contributed by atoms with Crippen molar-refractivity contribution < 1.29 is 0 Å². The van der Waals surface area contributed by atoms with E-state index in [1.54, 1.807) is 0 Å². The van der Waals surface area contributed by atoms with Gasteiger partial charge in [0.05, 0.1) is 0 Å². The summed E-state index contributed by atoms with van der Waals surface area (Å²) in [5.41, 5.74) is 0. The molecule has 0 fully saturated rings. The number of alkyl halides is 4. The smallest absolute Gasteiger partial charge is 0.173 e. The Kier molecular flexibility index (Phi) is 4.69. The molecule has 0 atom stereocenters. The van der Waals surface area contributed by atoms with Crippen molar-refractivity contribution in [2.45, 2.75) is 9.92 Å². The summed E-state index contributed by atoms with van der Waals surface area (Å²) in [6, 6.07) is 0. The number of hydrogen-bond acceptors (Lipinski definition) is 0. The minimum atomic E-state index is -0.819. The van der Waals surface area contributed by atoms with E-state index in [1.165, 1.54) is 0 Å². The highest BCUT2D eigenvalue weighted by Crippen LogP contribution is 2.06. The van der Waals surface area contributed by atoms with Gasteiger partial charge in [0.2, 0.25) is 0 Å². The van der Waals surface area contributed by atoms with Crippen LogP contribution in [0.2, 0.25) is 0 Å². The Labute approximate surface area is 61.9 Å². The zero-order valence-electron chi connectivity index (χ0n) is 3.11. The maximum absolute atomic E-state index is 5.10. The van der Waals surface area contributed by atoms with Gasteiger partial charge in [0, 0.05) is 0 Å². The number of halogens is 4. The zero-order valence-corrected chi connectivity index (χ0v) is 6.14. The molecular weight excluding hydrogens is 180 g/mol. The van der Waals surface area contributed by atoms with E-state index in [0.29, 0.717) is 0 Å². The van der Waals surface area contributed by atoms with Gasteiger partial charge in [-0.05, 0) is 0 Å². The van der Waals surface area contributed by atoms with Gasteiger partial charge in [0.1, 0.15) is 0 Å². The second kappa shape index (κ2) is 4.04. The molecule has 1 nitrogen and oxygen atoms in total. The minimum absolute atomic E-state index is 0.819. The first-order chi connectivity index (χ1) is 3.13. The van der Waals surface area contributed by atoms with Crippen LogP contribution in [0.15, 0.2) is 0 Å². The number of nitrogens with zero attached hydrogens (tertiary/aromatic N) is 1. The molecule has 0 aromatic carbocycles. The van der Waals surface area contributed by atoms with Crippen LogP contribution in [0.4, 0.5) is 0 Å². The molecule has 0 aliphatic carbocycles. The van der Waals surface area contributed by atoms with Gasteiger partial charge < -0.3 is 0 Å². The fourth-order valence-corrected chi connectivity index (χ4v) is 0.767. The van der Waals surface area contributed by atoms with E-state index >= 15 is 0 Å². The minimum Gasteiger partial charge on any atom is -0.173 e. The highest BCUT2D eigenvalue weighted by molar-refractivity contribution is 6.47. The van der Waals surface area contributed by atoms with Crippen LogP contribution in [0.25, 0.3) is 0 Å². The van der Waals surface area contributed by atoms with Crippen LogP contribution in [-0.4, -0.2) is 9.92 Å². The van der Waals surface area contributed by atoms with Crippen molar-refractivity contribution in [2.75, 3.05) is 0 Å². The van der Waals surface area contributed by atoms with Crippen molar-refractivity contribution >= 4 is 46.4 Å². The maximum Gasteiger partial charge on any atom is 0.175 e. The lowest BCUT2D eigenvalue weighted by atomic mass is 11.2. The topological polar surface area (TPSA) is 14.1 Å². The van der Waals surface area contributed by atoms with Crippen LogP contribution in [-0.2, 0) is 0 Å². The van der Waals surface area contributed by atoms with E-state index < -0.39 is 9.92 Å². The fraction of sp³-hybridized carbons (Fsp3) is 1.00. The Hall–Kier alpha value is 1.12. The fourth-order valence-electron chi connectivity index (χ4n) is 0.0852. The first kappa shape index (κ1) is 8.12. The van der Waals surface area contributed by atoms with Crippen LogP contribution in [0.1, 0.15) is 0 Å². The lowest BCUT2D eigenvalue weighted by Crippen LogP contribution is -2.13. The largest absolute Gasteiger partial charge is 0.175 e. The summed E-state index contributed by atoms with van der Waals surface area (Å²) in [7, 11) is 0. The Balaban J connectivity index is 2.95. The molecule has 0 aliphatic heterocycles. The first-order valence-electron chi connectivity index (χ1n) is 1.39. The Morgan fingerprint density at radius 1 is 0.857 bits per heavy atom. The van der Waals surface area contributed by atoms with Crippen molar-refractivity contribution in [3.05, 3.63) is 0 Å². The van der Waals surface area contributed by atoms with Crippen LogP contribution in [0, 0.1) is 0 Å². The van der Waals surface area contributed by atoms with E-state index in [1.807, 2.05) is 0 Å². The molecule has 0 aliphatic rings. The average molecular weight is 182 g/mol. The Morgan fingerprint density at radius 3 is 1.14 bits per heavy atom. The lowest BCUT2D eigenvalue weighted by molar-refractivity contribution is 0.817. The van der Waals surface area contributed by atoms with Crippen LogP contribution < -0.4 is 5.32 Å². The molecule has 0 unspecified atom stereocenters. The molecule has 0 saturated carbocycles. The maximum atomic E-state index is 5.10. The van der Waals surface area contributed by atoms with Crippen LogP contribution in [0.3, 0.4) is 0 Å². The van der Waals surface area contributed by atoms with Gasteiger partial charge in [-0.2, -0.15) is 5.32 Å². The summed E-state index contributed by atoms with van der Waals surface area (Å²) >= 11 is 20.4. The monoisotopic (exact) mass is 180 g/mol. The molecule has 0 rings (SSSR count). The normalized spacial score (nSPS) is 11.1. The predicted molar refractivity (Wildman–Crippen MR) is 33.1 cm³/mol. The van der Waals surface area contributed by atoms with E-state index in [2.05, 4.69) is 5.32 Å². The van der Waals surface area contributed by atoms with Gasteiger partial charge in [-0.25, -0.2) is 0 Å². The molecule has 43 valence electrons. The standard InChI is InChI=1S/C2H2Cl4N/c3-1(4)7-2(5)6/h1-2H. The van der Waals surface area contributed by atoms with Crippen molar-refractivity contribution in [2.24, 2.45) is 0 Å². The molecule has 0 heterocycles. The summed E-state index contributed by atoms with van der Waals surface area (Å²) < 4.78 is 0.